The van der Waals surface area contributed by atoms with Gasteiger partial charge in [0.2, 0.25) is 0 Å². The van der Waals surface area contributed by atoms with Gasteiger partial charge in [-0.3, -0.25) is 14.2 Å². The molecule has 1 aliphatic rings. The van der Waals surface area contributed by atoms with E-state index in [4.69, 9.17) is 4.99 Å². The van der Waals surface area contributed by atoms with Crippen LogP contribution in [0.2, 0.25) is 0 Å². The van der Waals surface area contributed by atoms with E-state index in [2.05, 4.69) is 58.0 Å². The molecule has 0 amide bonds. The molecule has 0 saturated heterocycles. The highest BCUT2D eigenvalue weighted by atomic mass is 32.1. The van der Waals surface area contributed by atoms with E-state index in [-0.39, 0.29) is 0 Å². The van der Waals surface area contributed by atoms with E-state index >= 15 is 0 Å². The van der Waals surface area contributed by atoms with Gasteiger partial charge in [0, 0.05) is 34.8 Å². The Hall–Kier alpha value is -3.06. The van der Waals surface area contributed by atoms with Gasteiger partial charge in [-0.15, -0.1) is 21.5 Å². The van der Waals surface area contributed by atoms with E-state index in [1.807, 2.05) is 31.0 Å². The first kappa shape index (κ1) is 17.1. The molecule has 4 heterocycles. The van der Waals surface area contributed by atoms with Gasteiger partial charge in [0.25, 0.3) is 0 Å². The van der Waals surface area contributed by atoms with Crippen molar-refractivity contribution >= 4 is 17.0 Å². The van der Waals surface area contributed by atoms with Gasteiger partial charge in [-0.2, -0.15) is 5.10 Å². The van der Waals surface area contributed by atoms with Crippen molar-refractivity contribution in [2.45, 2.75) is 27.3 Å². The van der Waals surface area contributed by atoms with Crippen LogP contribution in [0.25, 0.3) is 16.1 Å². The summed E-state index contributed by atoms with van der Waals surface area (Å²) < 4.78 is 3.97. The minimum atomic E-state index is 0.528. The smallest absolute Gasteiger partial charge is 0.160 e. The first-order valence-corrected chi connectivity index (χ1v) is 10.00. The zero-order valence-electron chi connectivity index (χ0n) is 16.3. The number of benzene rings is 1. The average molecular weight is 389 g/mol. The van der Waals surface area contributed by atoms with Gasteiger partial charge in [-0.25, -0.2) is 0 Å². The van der Waals surface area contributed by atoms with Crippen LogP contribution in [0.3, 0.4) is 0 Å². The van der Waals surface area contributed by atoms with Crippen LogP contribution in [-0.4, -0.2) is 30.3 Å². The Morgan fingerprint density at radius 2 is 1.71 bits per heavy atom. The van der Waals surface area contributed by atoms with E-state index in [0.29, 0.717) is 6.54 Å². The molecular formula is C21H20N6S. The number of fused-ring (bicyclic) bond motifs is 3. The summed E-state index contributed by atoms with van der Waals surface area (Å²) in [6, 6.07) is 8.58. The Labute approximate surface area is 167 Å². The number of aliphatic imine (C=N–C) groups is 1. The Kier molecular flexibility index (Phi) is 3.80. The number of aromatic nitrogens is 5. The number of thiophene rings is 1. The second-order valence-corrected chi connectivity index (χ2v) is 8.31. The third-order valence-electron chi connectivity index (χ3n) is 5.27. The standard InChI is InChI=1S/C21H20N6S/c1-12-13(2)28-21-19(12)20(22-10-18-25-24-14(3)27(18)21)16-7-5-15(6-8-16)17-9-23-26(4)11-17/h5-9,11H,10H2,1-4H3. The molecule has 0 fully saturated rings. The van der Waals surface area contributed by atoms with Gasteiger partial charge in [0.15, 0.2) is 5.82 Å². The Morgan fingerprint density at radius 1 is 0.964 bits per heavy atom. The molecule has 140 valence electrons. The normalized spacial score (nSPS) is 13.1. The van der Waals surface area contributed by atoms with E-state index < -0.39 is 0 Å². The summed E-state index contributed by atoms with van der Waals surface area (Å²) >= 11 is 1.78. The molecule has 5 rings (SSSR count). The minimum absolute atomic E-state index is 0.528. The summed E-state index contributed by atoms with van der Waals surface area (Å²) in [5, 5.41) is 14.0. The molecule has 28 heavy (non-hydrogen) atoms. The van der Waals surface area contributed by atoms with Gasteiger partial charge in [-0.05, 0) is 31.9 Å². The fourth-order valence-electron chi connectivity index (χ4n) is 3.67. The average Bonchev–Trinajstić information content (AvgIpc) is 3.32. The van der Waals surface area contributed by atoms with E-state index in [1.165, 1.54) is 21.0 Å². The Balaban J connectivity index is 1.64. The largest absolute Gasteiger partial charge is 0.276 e. The lowest BCUT2D eigenvalue weighted by molar-refractivity contribution is 0.768. The highest BCUT2D eigenvalue weighted by Crippen LogP contribution is 2.36. The lowest BCUT2D eigenvalue weighted by Gasteiger charge is -2.10. The van der Waals surface area contributed by atoms with Crippen molar-refractivity contribution in [2.24, 2.45) is 12.0 Å². The van der Waals surface area contributed by atoms with E-state index in [9.17, 15) is 0 Å². The lowest BCUT2D eigenvalue weighted by atomic mass is 9.98. The molecule has 0 radical (unpaired) electrons. The molecule has 6 nitrogen and oxygen atoms in total. The molecule has 0 bridgehead atoms. The molecule has 0 N–H and O–H groups in total. The summed E-state index contributed by atoms with van der Waals surface area (Å²) in [7, 11) is 1.93. The van der Waals surface area contributed by atoms with Gasteiger partial charge in [0.05, 0.1) is 11.9 Å². The molecule has 0 saturated carbocycles. The van der Waals surface area contributed by atoms with Crippen molar-refractivity contribution < 1.29 is 0 Å². The van der Waals surface area contributed by atoms with Gasteiger partial charge in [0.1, 0.15) is 17.4 Å². The zero-order valence-corrected chi connectivity index (χ0v) is 17.1. The SMILES string of the molecule is Cc1sc2c(c1C)C(c1ccc(-c3cnn(C)c3)cc1)=NCc1nnc(C)n1-2. The third kappa shape index (κ3) is 2.54. The summed E-state index contributed by atoms with van der Waals surface area (Å²) in [6.45, 7) is 6.87. The lowest BCUT2D eigenvalue weighted by Crippen LogP contribution is -2.07. The summed E-state index contributed by atoms with van der Waals surface area (Å²) in [5.41, 5.74) is 6.87. The molecule has 0 atom stereocenters. The minimum Gasteiger partial charge on any atom is -0.276 e. The van der Waals surface area contributed by atoms with Crippen LogP contribution >= 0.6 is 11.3 Å². The number of aryl methyl sites for hydroxylation is 3. The number of hydrogen-bond acceptors (Lipinski definition) is 5. The molecule has 0 aliphatic carbocycles. The van der Waals surface area contributed by atoms with Crippen molar-refractivity contribution in [2.75, 3.05) is 0 Å². The van der Waals surface area contributed by atoms with E-state index in [0.717, 1.165) is 34.1 Å². The Bertz CT molecular complexity index is 1220. The van der Waals surface area contributed by atoms with Crippen molar-refractivity contribution in [1.29, 1.82) is 0 Å². The van der Waals surface area contributed by atoms with Crippen molar-refractivity contribution in [3.05, 3.63) is 69.9 Å². The second kappa shape index (κ2) is 6.24. The molecule has 4 aromatic rings. The molecular weight excluding hydrogens is 368 g/mol. The maximum Gasteiger partial charge on any atom is 0.160 e. The van der Waals surface area contributed by atoms with Gasteiger partial charge < -0.3 is 0 Å². The maximum atomic E-state index is 4.95. The van der Waals surface area contributed by atoms with Gasteiger partial charge >= 0.3 is 0 Å². The van der Waals surface area contributed by atoms with Crippen LogP contribution in [0, 0.1) is 20.8 Å². The zero-order chi connectivity index (χ0) is 19.4. The van der Waals surface area contributed by atoms with Crippen LogP contribution in [-0.2, 0) is 13.6 Å². The summed E-state index contributed by atoms with van der Waals surface area (Å²) in [5.74, 6) is 1.79. The number of hydrogen-bond donors (Lipinski definition) is 0. The van der Waals surface area contributed by atoms with Crippen molar-refractivity contribution in [1.82, 2.24) is 24.5 Å². The molecule has 1 aromatic carbocycles. The predicted octanol–water partition coefficient (Wildman–Crippen LogP) is 4.01. The fourth-order valence-corrected chi connectivity index (χ4v) is 4.90. The summed E-state index contributed by atoms with van der Waals surface area (Å²) in [4.78, 5) is 6.25. The van der Waals surface area contributed by atoms with Gasteiger partial charge in [-0.1, -0.05) is 24.3 Å². The predicted molar refractivity (Wildman–Crippen MR) is 111 cm³/mol. The van der Waals surface area contributed by atoms with Crippen LogP contribution in [0.1, 0.15) is 33.2 Å². The van der Waals surface area contributed by atoms with Crippen molar-refractivity contribution in [3.8, 4) is 16.1 Å². The fraction of sp³-hybridized carbons (Fsp3) is 0.238. The maximum absolute atomic E-state index is 4.95. The first-order chi connectivity index (χ1) is 13.5. The second-order valence-electron chi connectivity index (χ2n) is 7.11. The van der Waals surface area contributed by atoms with Crippen molar-refractivity contribution in [3.63, 3.8) is 0 Å². The van der Waals surface area contributed by atoms with Crippen LogP contribution in [0.5, 0.6) is 0 Å². The molecule has 0 unspecified atom stereocenters. The highest BCUT2D eigenvalue weighted by molar-refractivity contribution is 7.15. The molecule has 0 spiro atoms. The highest BCUT2D eigenvalue weighted by Gasteiger charge is 2.26. The Morgan fingerprint density at radius 3 is 2.43 bits per heavy atom. The van der Waals surface area contributed by atoms with Crippen LogP contribution in [0.15, 0.2) is 41.7 Å². The van der Waals surface area contributed by atoms with E-state index in [1.54, 1.807) is 11.3 Å². The molecule has 3 aromatic heterocycles. The topological polar surface area (TPSA) is 60.9 Å². The van der Waals surface area contributed by atoms with Crippen LogP contribution in [0.4, 0.5) is 0 Å². The number of nitrogens with zero attached hydrogens (tertiary/aromatic N) is 6. The third-order valence-corrected chi connectivity index (χ3v) is 6.47. The molecule has 7 heteroatoms. The first-order valence-electron chi connectivity index (χ1n) is 9.18. The number of rotatable bonds is 2. The molecule has 1 aliphatic heterocycles. The quantitative estimate of drug-likeness (QED) is 0.521. The monoisotopic (exact) mass is 388 g/mol. The summed E-state index contributed by atoms with van der Waals surface area (Å²) in [6.07, 6.45) is 3.91. The van der Waals surface area contributed by atoms with Crippen LogP contribution < -0.4 is 0 Å².